The first-order valence-corrected chi connectivity index (χ1v) is 7.50. The van der Waals surface area contributed by atoms with Gasteiger partial charge in [-0.1, -0.05) is 6.92 Å². The Balaban J connectivity index is 1.73. The van der Waals surface area contributed by atoms with E-state index in [9.17, 15) is 4.79 Å². The zero-order chi connectivity index (χ0) is 14.3. The molecule has 0 spiro atoms. The van der Waals surface area contributed by atoms with E-state index in [2.05, 4.69) is 17.0 Å². The standard InChI is InChI=1S/C14H17N3O2S/c1-8-4-10(8)7-19-14(18)12-9(2)16-13(20-12)11-5-15-17(3)6-11/h5-6,8,10H,4,7H2,1-3H3/t8-,10-/m0/s1. The van der Waals surface area contributed by atoms with Gasteiger partial charge in [0.2, 0.25) is 0 Å². The van der Waals surface area contributed by atoms with E-state index in [0.717, 1.165) is 22.7 Å². The molecule has 106 valence electrons. The van der Waals surface area contributed by atoms with Crippen molar-refractivity contribution in [3.8, 4) is 10.6 Å². The first kappa shape index (κ1) is 13.3. The Morgan fingerprint density at radius 2 is 2.35 bits per heavy atom. The van der Waals surface area contributed by atoms with Crippen molar-refractivity contribution in [2.45, 2.75) is 20.3 Å². The minimum atomic E-state index is -0.255. The Hall–Kier alpha value is -1.69. The molecule has 1 aliphatic rings. The van der Waals surface area contributed by atoms with E-state index in [1.54, 1.807) is 10.9 Å². The molecule has 2 aromatic rings. The zero-order valence-corrected chi connectivity index (χ0v) is 12.6. The normalized spacial score (nSPS) is 20.9. The Morgan fingerprint density at radius 3 is 2.95 bits per heavy atom. The second kappa shape index (κ2) is 5.01. The molecule has 0 saturated heterocycles. The summed E-state index contributed by atoms with van der Waals surface area (Å²) in [6, 6.07) is 0. The van der Waals surface area contributed by atoms with Gasteiger partial charge in [0, 0.05) is 18.8 Å². The lowest BCUT2D eigenvalue weighted by Gasteiger charge is -2.01. The van der Waals surface area contributed by atoms with Crippen molar-refractivity contribution in [1.82, 2.24) is 14.8 Å². The van der Waals surface area contributed by atoms with Crippen LogP contribution in [-0.2, 0) is 11.8 Å². The van der Waals surface area contributed by atoms with Gasteiger partial charge in [-0.3, -0.25) is 4.68 Å². The minimum Gasteiger partial charge on any atom is -0.461 e. The predicted octanol–water partition coefficient (Wildman–Crippen LogP) is 2.66. The molecule has 3 rings (SSSR count). The molecule has 2 heterocycles. The zero-order valence-electron chi connectivity index (χ0n) is 11.8. The Morgan fingerprint density at radius 1 is 1.60 bits per heavy atom. The molecule has 0 unspecified atom stereocenters. The number of hydrogen-bond acceptors (Lipinski definition) is 5. The van der Waals surface area contributed by atoms with Gasteiger partial charge in [0.05, 0.1) is 18.5 Å². The van der Waals surface area contributed by atoms with Crippen molar-refractivity contribution in [3.63, 3.8) is 0 Å². The molecule has 0 aliphatic heterocycles. The van der Waals surface area contributed by atoms with Gasteiger partial charge in [0.1, 0.15) is 9.88 Å². The van der Waals surface area contributed by atoms with Gasteiger partial charge >= 0.3 is 5.97 Å². The van der Waals surface area contributed by atoms with Crippen LogP contribution < -0.4 is 0 Å². The molecule has 0 radical (unpaired) electrons. The van der Waals surface area contributed by atoms with Gasteiger partial charge in [-0.05, 0) is 25.2 Å². The van der Waals surface area contributed by atoms with Crippen molar-refractivity contribution in [2.75, 3.05) is 6.61 Å². The summed E-state index contributed by atoms with van der Waals surface area (Å²) in [6.07, 6.45) is 4.80. The fourth-order valence-electron chi connectivity index (χ4n) is 2.12. The molecule has 0 N–H and O–H groups in total. The summed E-state index contributed by atoms with van der Waals surface area (Å²) in [5, 5.41) is 4.93. The molecule has 2 atom stereocenters. The van der Waals surface area contributed by atoms with Crippen LogP contribution in [-0.4, -0.2) is 27.3 Å². The minimum absolute atomic E-state index is 0.255. The first-order chi connectivity index (χ1) is 9.54. The molecule has 0 bridgehead atoms. The number of esters is 1. The molecule has 2 aromatic heterocycles. The third-order valence-corrected chi connectivity index (χ3v) is 4.83. The van der Waals surface area contributed by atoms with E-state index in [4.69, 9.17) is 4.74 Å². The summed E-state index contributed by atoms with van der Waals surface area (Å²) in [5.41, 5.74) is 1.65. The number of thiazole rings is 1. The van der Waals surface area contributed by atoms with Crippen LogP contribution in [0, 0.1) is 18.8 Å². The quantitative estimate of drug-likeness (QED) is 0.813. The SMILES string of the molecule is Cc1nc(-c2cnn(C)c2)sc1C(=O)OC[C@@H]1C[C@@H]1C. The largest absolute Gasteiger partial charge is 0.461 e. The molecule has 6 heteroatoms. The molecule has 20 heavy (non-hydrogen) atoms. The fourth-order valence-corrected chi connectivity index (χ4v) is 3.06. The molecule has 0 aromatic carbocycles. The van der Waals surface area contributed by atoms with Crippen molar-refractivity contribution in [1.29, 1.82) is 0 Å². The molecule has 1 fully saturated rings. The molecule has 5 nitrogen and oxygen atoms in total. The molecular formula is C14H17N3O2S. The third kappa shape index (κ3) is 2.60. The average Bonchev–Trinajstić information content (AvgIpc) is 2.79. The van der Waals surface area contributed by atoms with Crippen LogP contribution in [0.25, 0.3) is 10.6 Å². The van der Waals surface area contributed by atoms with E-state index in [1.807, 2.05) is 20.2 Å². The Kier molecular flexibility index (Phi) is 3.33. The van der Waals surface area contributed by atoms with Gasteiger partial charge in [-0.15, -0.1) is 11.3 Å². The van der Waals surface area contributed by atoms with Gasteiger partial charge in [-0.25, -0.2) is 9.78 Å². The van der Waals surface area contributed by atoms with E-state index < -0.39 is 0 Å². The summed E-state index contributed by atoms with van der Waals surface area (Å²) in [4.78, 5) is 17.1. The van der Waals surface area contributed by atoms with Crippen LogP contribution in [0.3, 0.4) is 0 Å². The first-order valence-electron chi connectivity index (χ1n) is 6.68. The lowest BCUT2D eigenvalue weighted by atomic mass is 10.3. The highest BCUT2D eigenvalue weighted by atomic mass is 32.1. The second-order valence-corrected chi connectivity index (χ2v) is 6.41. The maximum absolute atomic E-state index is 12.1. The summed E-state index contributed by atoms with van der Waals surface area (Å²) < 4.78 is 7.09. The maximum atomic E-state index is 12.1. The van der Waals surface area contributed by atoms with Crippen molar-refractivity contribution in [3.05, 3.63) is 23.0 Å². The van der Waals surface area contributed by atoms with Gasteiger partial charge < -0.3 is 4.74 Å². The molecule has 1 aliphatic carbocycles. The van der Waals surface area contributed by atoms with E-state index >= 15 is 0 Å². The fraction of sp³-hybridized carbons (Fsp3) is 0.500. The summed E-state index contributed by atoms with van der Waals surface area (Å²) >= 11 is 1.37. The average molecular weight is 291 g/mol. The van der Waals surface area contributed by atoms with Crippen LogP contribution in [0.15, 0.2) is 12.4 Å². The lowest BCUT2D eigenvalue weighted by molar-refractivity contribution is 0.0486. The van der Waals surface area contributed by atoms with Gasteiger partial charge in [0.15, 0.2) is 0 Å². The summed E-state index contributed by atoms with van der Waals surface area (Å²) in [6.45, 7) is 4.54. The van der Waals surface area contributed by atoms with E-state index in [-0.39, 0.29) is 5.97 Å². The number of nitrogens with zero attached hydrogens (tertiary/aromatic N) is 3. The number of ether oxygens (including phenoxy) is 1. The highest BCUT2D eigenvalue weighted by Crippen LogP contribution is 2.38. The molecule has 0 amide bonds. The number of aryl methyl sites for hydroxylation is 2. The smallest absolute Gasteiger partial charge is 0.350 e. The molecular weight excluding hydrogens is 274 g/mol. The lowest BCUT2D eigenvalue weighted by Crippen LogP contribution is -2.07. The van der Waals surface area contributed by atoms with Crippen LogP contribution in [0.4, 0.5) is 0 Å². The van der Waals surface area contributed by atoms with Gasteiger partial charge in [0.25, 0.3) is 0 Å². The van der Waals surface area contributed by atoms with Crippen molar-refractivity contribution >= 4 is 17.3 Å². The van der Waals surface area contributed by atoms with Crippen molar-refractivity contribution < 1.29 is 9.53 Å². The third-order valence-electron chi connectivity index (χ3n) is 3.64. The highest BCUT2D eigenvalue weighted by Gasteiger charge is 2.34. The van der Waals surface area contributed by atoms with Crippen LogP contribution >= 0.6 is 11.3 Å². The Labute approximate surface area is 121 Å². The van der Waals surface area contributed by atoms with Crippen LogP contribution in [0.2, 0.25) is 0 Å². The second-order valence-electron chi connectivity index (χ2n) is 5.41. The molecule has 1 saturated carbocycles. The monoisotopic (exact) mass is 291 g/mol. The number of hydrogen-bond donors (Lipinski definition) is 0. The van der Waals surface area contributed by atoms with Gasteiger partial charge in [-0.2, -0.15) is 5.10 Å². The highest BCUT2D eigenvalue weighted by molar-refractivity contribution is 7.17. The predicted molar refractivity (Wildman–Crippen MR) is 76.6 cm³/mol. The van der Waals surface area contributed by atoms with Crippen molar-refractivity contribution in [2.24, 2.45) is 18.9 Å². The van der Waals surface area contributed by atoms with E-state index in [1.165, 1.54) is 11.3 Å². The number of rotatable bonds is 4. The number of carbonyl (C=O) groups is 1. The summed E-state index contributed by atoms with van der Waals surface area (Å²) in [7, 11) is 1.86. The summed E-state index contributed by atoms with van der Waals surface area (Å²) in [5.74, 6) is 0.982. The number of aromatic nitrogens is 3. The van der Waals surface area contributed by atoms with Crippen LogP contribution in [0.1, 0.15) is 28.7 Å². The Bertz CT molecular complexity index is 647. The maximum Gasteiger partial charge on any atom is 0.350 e. The van der Waals surface area contributed by atoms with E-state index in [0.29, 0.717) is 23.3 Å². The number of carbonyl (C=O) groups excluding carboxylic acids is 1. The van der Waals surface area contributed by atoms with Crippen LogP contribution in [0.5, 0.6) is 0 Å². The topological polar surface area (TPSA) is 57.0 Å².